The lowest BCUT2D eigenvalue weighted by Gasteiger charge is -2.20. The molecule has 0 fully saturated rings. The van der Waals surface area contributed by atoms with Crippen molar-refractivity contribution in [2.75, 3.05) is 19.5 Å². The number of nitriles is 1. The molecule has 0 aliphatic carbocycles. The molecular formula is C11H11NO2S. The highest BCUT2D eigenvalue weighted by molar-refractivity contribution is 7.98. The number of hydrogen-bond donors (Lipinski definition) is 0. The lowest BCUT2D eigenvalue weighted by molar-refractivity contribution is 0.171. The maximum absolute atomic E-state index is 8.71. The molecule has 0 aromatic heterocycles. The van der Waals surface area contributed by atoms with Gasteiger partial charge in [0.05, 0.1) is 12.5 Å². The standard InChI is InChI=1S/C11H11NO2S/c1-15-11-7-10-9(13-4-5-14-10)6-8(11)2-3-12/h6-7H,2,4-5H2,1H3. The van der Waals surface area contributed by atoms with Crippen molar-refractivity contribution in [3.05, 3.63) is 17.7 Å². The predicted molar refractivity (Wildman–Crippen MR) is 58.5 cm³/mol. The Morgan fingerprint density at radius 3 is 2.60 bits per heavy atom. The topological polar surface area (TPSA) is 42.2 Å². The summed E-state index contributed by atoms with van der Waals surface area (Å²) < 4.78 is 10.9. The summed E-state index contributed by atoms with van der Waals surface area (Å²) in [6.45, 7) is 1.18. The summed E-state index contributed by atoms with van der Waals surface area (Å²) in [6.07, 6.45) is 2.40. The molecule has 1 aliphatic heterocycles. The lowest BCUT2D eigenvalue weighted by Crippen LogP contribution is -2.15. The van der Waals surface area contributed by atoms with Crippen molar-refractivity contribution in [1.29, 1.82) is 5.26 Å². The molecular weight excluding hydrogens is 210 g/mol. The van der Waals surface area contributed by atoms with Crippen LogP contribution in [-0.2, 0) is 6.42 Å². The zero-order valence-corrected chi connectivity index (χ0v) is 9.26. The van der Waals surface area contributed by atoms with Gasteiger partial charge in [-0.25, -0.2) is 0 Å². The van der Waals surface area contributed by atoms with E-state index in [4.69, 9.17) is 14.7 Å². The van der Waals surface area contributed by atoms with E-state index in [0.29, 0.717) is 19.6 Å². The van der Waals surface area contributed by atoms with Gasteiger partial charge in [-0.3, -0.25) is 0 Å². The molecule has 0 atom stereocenters. The quantitative estimate of drug-likeness (QED) is 0.718. The van der Waals surface area contributed by atoms with Crippen LogP contribution in [0, 0.1) is 11.3 Å². The molecule has 0 bridgehead atoms. The van der Waals surface area contributed by atoms with Crippen molar-refractivity contribution in [3.63, 3.8) is 0 Å². The number of nitrogens with zero attached hydrogens (tertiary/aromatic N) is 1. The summed E-state index contributed by atoms with van der Waals surface area (Å²) in [4.78, 5) is 1.08. The molecule has 3 nitrogen and oxygen atoms in total. The van der Waals surface area contributed by atoms with Gasteiger partial charge >= 0.3 is 0 Å². The molecule has 0 unspecified atom stereocenters. The first-order valence-electron chi connectivity index (χ1n) is 4.68. The summed E-state index contributed by atoms with van der Waals surface area (Å²) in [5.74, 6) is 1.54. The maximum Gasteiger partial charge on any atom is 0.162 e. The van der Waals surface area contributed by atoms with E-state index >= 15 is 0 Å². The Morgan fingerprint density at radius 1 is 1.33 bits per heavy atom. The van der Waals surface area contributed by atoms with Gasteiger partial charge in [-0.1, -0.05) is 0 Å². The molecule has 78 valence electrons. The van der Waals surface area contributed by atoms with Gasteiger partial charge in [0.2, 0.25) is 0 Å². The van der Waals surface area contributed by atoms with E-state index in [-0.39, 0.29) is 0 Å². The summed E-state index contributed by atoms with van der Waals surface area (Å²) >= 11 is 1.62. The van der Waals surface area contributed by atoms with Crippen LogP contribution in [0.2, 0.25) is 0 Å². The lowest BCUT2D eigenvalue weighted by atomic mass is 10.1. The number of thioether (sulfide) groups is 1. The van der Waals surface area contributed by atoms with E-state index in [2.05, 4.69) is 6.07 Å². The second-order valence-electron chi connectivity index (χ2n) is 3.14. The van der Waals surface area contributed by atoms with Crippen molar-refractivity contribution < 1.29 is 9.47 Å². The summed E-state index contributed by atoms with van der Waals surface area (Å²) in [6, 6.07) is 6.01. The summed E-state index contributed by atoms with van der Waals surface area (Å²) in [7, 11) is 0. The molecule has 0 spiro atoms. The average Bonchev–Trinajstić information content (AvgIpc) is 2.28. The summed E-state index contributed by atoms with van der Waals surface area (Å²) in [5.41, 5.74) is 1.01. The SMILES string of the molecule is CSc1cc2c(cc1CC#N)OCCO2. The third-order valence-corrected chi connectivity index (χ3v) is 3.03. The highest BCUT2D eigenvalue weighted by atomic mass is 32.2. The Kier molecular flexibility index (Phi) is 3.02. The molecule has 1 aromatic rings. The number of fused-ring (bicyclic) bond motifs is 1. The Bertz CT molecular complexity index is 412. The highest BCUT2D eigenvalue weighted by Gasteiger charge is 2.15. The molecule has 1 aromatic carbocycles. The molecule has 2 rings (SSSR count). The second-order valence-corrected chi connectivity index (χ2v) is 3.99. The zero-order valence-electron chi connectivity index (χ0n) is 8.45. The molecule has 0 amide bonds. The third-order valence-electron chi connectivity index (χ3n) is 2.21. The minimum Gasteiger partial charge on any atom is -0.486 e. The predicted octanol–water partition coefficient (Wildman–Crippen LogP) is 2.25. The fourth-order valence-corrected chi connectivity index (χ4v) is 2.14. The van der Waals surface area contributed by atoms with Gasteiger partial charge in [0, 0.05) is 4.90 Å². The van der Waals surface area contributed by atoms with Crippen LogP contribution in [-0.4, -0.2) is 19.5 Å². The molecule has 0 saturated heterocycles. The molecule has 1 aliphatic rings. The van der Waals surface area contributed by atoms with Gasteiger partial charge in [0.1, 0.15) is 13.2 Å². The van der Waals surface area contributed by atoms with Gasteiger partial charge < -0.3 is 9.47 Å². The smallest absolute Gasteiger partial charge is 0.162 e. The van der Waals surface area contributed by atoms with E-state index in [1.165, 1.54) is 0 Å². The molecule has 0 radical (unpaired) electrons. The van der Waals surface area contributed by atoms with Crippen LogP contribution in [0.1, 0.15) is 5.56 Å². The fourth-order valence-electron chi connectivity index (χ4n) is 1.53. The monoisotopic (exact) mass is 221 g/mol. The average molecular weight is 221 g/mol. The van der Waals surface area contributed by atoms with Crippen LogP contribution >= 0.6 is 11.8 Å². The van der Waals surface area contributed by atoms with Crippen molar-refractivity contribution in [2.45, 2.75) is 11.3 Å². The maximum atomic E-state index is 8.71. The molecule has 0 saturated carbocycles. The van der Waals surface area contributed by atoms with Crippen LogP contribution < -0.4 is 9.47 Å². The molecule has 1 heterocycles. The Balaban J connectivity index is 2.42. The van der Waals surface area contributed by atoms with Gasteiger partial charge in [-0.05, 0) is 24.0 Å². The van der Waals surface area contributed by atoms with Crippen LogP contribution in [0.4, 0.5) is 0 Å². The fraction of sp³-hybridized carbons (Fsp3) is 0.364. The Labute approximate surface area is 93.0 Å². The van der Waals surface area contributed by atoms with Crippen molar-refractivity contribution in [1.82, 2.24) is 0 Å². The first kappa shape index (κ1) is 10.2. The largest absolute Gasteiger partial charge is 0.486 e. The van der Waals surface area contributed by atoms with Gasteiger partial charge in [0.25, 0.3) is 0 Å². The van der Waals surface area contributed by atoms with E-state index in [0.717, 1.165) is 22.0 Å². The van der Waals surface area contributed by atoms with Gasteiger partial charge in [-0.2, -0.15) is 5.26 Å². The van der Waals surface area contributed by atoms with E-state index in [1.54, 1.807) is 11.8 Å². The van der Waals surface area contributed by atoms with Crippen LogP contribution in [0.15, 0.2) is 17.0 Å². The molecule has 15 heavy (non-hydrogen) atoms. The number of rotatable bonds is 2. The highest BCUT2D eigenvalue weighted by Crippen LogP contribution is 2.36. The van der Waals surface area contributed by atoms with Crippen molar-refractivity contribution in [3.8, 4) is 17.6 Å². The van der Waals surface area contributed by atoms with Crippen LogP contribution in [0.5, 0.6) is 11.5 Å². The van der Waals surface area contributed by atoms with Gasteiger partial charge in [-0.15, -0.1) is 11.8 Å². The zero-order chi connectivity index (χ0) is 10.7. The first-order chi connectivity index (χ1) is 7.35. The minimum atomic E-state index is 0.410. The van der Waals surface area contributed by atoms with Crippen LogP contribution in [0.25, 0.3) is 0 Å². The van der Waals surface area contributed by atoms with Gasteiger partial charge in [0.15, 0.2) is 11.5 Å². The third kappa shape index (κ3) is 2.02. The number of benzene rings is 1. The Hall–Kier alpha value is -1.34. The second kappa shape index (κ2) is 4.45. The van der Waals surface area contributed by atoms with Crippen molar-refractivity contribution >= 4 is 11.8 Å². The van der Waals surface area contributed by atoms with E-state index < -0.39 is 0 Å². The number of hydrogen-bond acceptors (Lipinski definition) is 4. The van der Waals surface area contributed by atoms with E-state index in [1.807, 2.05) is 18.4 Å². The van der Waals surface area contributed by atoms with Crippen molar-refractivity contribution in [2.24, 2.45) is 0 Å². The first-order valence-corrected chi connectivity index (χ1v) is 5.91. The van der Waals surface area contributed by atoms with Crippen LogP contribution in [0.3, 0.4) is 0 Å². The normalized spacial score (nSPS) is 13.3. The minimum absolute atomic E-state index is 0.410. The summed E-state index contributed by atoms with van der Waals surface area (Å²) in [5, 5.41) is 8.71. The van der Waals surface area contributed by atoms with E-state index in [9.17, 15) is 0 Å². The number of ether oxygens (including phenoxy) is 2. The molecule has 0 N–H and O–H groups in total. The Morgan fingerprint density at radius 2 is 2.00 bits per heavy atom. The molecule has 4 heteroatoms.